The highest BCUT2D eigenvalue weighted by molar-refractivity contribution is 5.64. The van der Waals surface area contributed by atoms with Crippen LogP contribution in [0.15, 0.2) is 18.2 Å². The minimum Gasteiger partial charge on any atom is -0.496 e. The van der Waals surface area contributed by atoms with Crippen LogP contribution in [0.5, 0.6) is 5.75 Å². The molecule has 1 amide bonds. The van der Waals surface area contributed by atoms with Crippen LogP contribution < -0.4 is 10.1 Å². The van der Waals surface area contributed by atoms with Crippen molar-refractivity contribution >= 4 is 6.09 Å². The standard InChI is InChI=1S/C13H19NO3/c1-9(2)11-8-10(4-5-12(11)17-3)6-7-14-13(15)16/h4-5,8-9,14H,6-7H2,1-3H3,(H,15,16). The van der Waals surface area contributed by atoms with Gasteiger partial charge in [0.15, 0.2) is 0 Å². The summed E-state index contributed by atoms with van der Waals surface area (Å²) in [6, 6.07) is 5.98. The summed E-state index contributed by atoms with van der Waals surface area (Å²) in [6.45, 7) is 4.65. The Labute approximate surface area is 102 Å². The smallest absolute Gasteiger partial charge is 0.404 e. The molecule has 0 radical (unpaired) electrons. The van der Waals surface area contributed by atoms with Crippen molar-refractivity contribution in [3.63, 3.8) is 0 Å². The van der Waals surface area contributed by atoms with Crippen LogP contribution in [-0.2, 0) is 6.42 Å². The van der Waals surface area contributed by atoms with E-state index in [1.807, 2.05) is 12.1 Å². The third-order valence-electron chi connectivity index (χ3n) is 2.61. The zero-order valence-electron chi connectivity index (χ0n) is 10.5. The van der Waals surface area contributed by atoms with Crippen molar-refractivity contribution in [2.45, 2.75) is 26.2 Å². The van der Waals surface area contributed by atoms with Crippen LogP contribution in [0, 0.1) is 0 Å². The van der Waals surface area contributed by atoms with E-state index in [1.165, 1.54) is 0 Å². The molecule has 1 rings (SSSR count). The number of amides is 1. The van der Waals surface area contributed by atoms with Crippen molar-refractivity contribution in [2.24, 2.45) is 0 Å². The van der Waals surface area contributed by atoms with Crippen LogP contribution in [-0.4, -0.2) is 24.9 Å². The van der Waals surface area contributed by atoms with Gasteiger partial charge in [0.1, 0.15) is 5.75 Å². The quantitative estimate of drug-likeness (QED) is 0.827. The minimum atomic E-state index is -0.984. The van der Waals surface area contributed by atoms with Gasteiger partial charge in [-0.1, -0.05) is 26.0 Å². The van der Waals surface area contributed by atoms with Crippen LogP contribution >= 0.6 is 0 Å². The van der Waals surface area contributed by atoms with E-state index in [-0.39, 0.29) is 0 Å². The second-order valence-electron chi connectivity index (χ2n) is 4.21. The Morgan fingerprint density at radius 1 is 1.47 bits per heavy atom. The summed E-state index contributed by atoms with van der Waals surface area (Å²) in [5, 5.41) is 10.8. The van der Waals surface area contributed by atoms with Crippen LogP contribution in [0.3, 0.4) is 0 Å². The molecule has 0 aliphatic heterocycles. The third kappa shape index (κ3) is 3.98. The SMILES string of the molecule is COc1ccc(CCNC(=O)O)cc1C(C)C. The number of rotatable bonds is 5. The molecule has 0 saturated carbocycles. The lowest BCUT2D eigenvalue weighted by atomic mass is 9.98. The van der Waals surface area contributed by atoms with Gasteiger partial charge in [0.2, 0.25) is 0 Å². The van der Waals surface area contributed by atoms with Gasteiger partial charge >= 0.3 is 6.09 Å². The molecular formula is C13H19NO3. The highest BCUT2D eigenvalue weighted by atomic mass is 16.5. The van der Waals surface area contributed by atoms with Crippen molar-refractivity contribution in [1.29, 1.82) is 0 Å². The molecule has 0 fully saturated rings. The van der Waals surface area contributed by atoms with Gasteiger partial charge in [-0.25, -0.2) is 4.79 Å². The number of benzene rings is 1. The highest BCUT2D eigenvalue weighted by Crippen LogP contribution is 2.27. The number of methoxy groups -OCH3 is 1. The van der Waals surface area contributed by atoms with E-state index in [9.17, 15) is 4.79 Å². The topological polar surface area (TPSA) is 58.6 Å². The summed E-state index contributed by atoms with van der Waals surface area (Å²) in [4.78, 5) is 10.3. The number of ether oxygens (including phenoxy) is 1. The predicted octanol–water partition coefficient (Wildman–Crippen LogP) is 2.63. The molecule has 0 bridgehead atoms. The van der Waals surface area contributed by atoms with Gasteiger partial charge in [-0.3, -0.25) is 0 Å². The van der Waals surface area contributed by atoms with E-state index in [4.69, 9.17) is 9.84 Å². The van der Waals surface area contributed by atoms with Crippen LogP contribution in [0.1, 0.15) is 30.9 Å². The van der Waals surface area contributed by atoms with E-state index in [1.54, 1.807) is 7.11 Å². The fourth-order valence-electron chi connectivity index (χ4n) is 1.70. The van der Waals surface area contributed by atoms with Crippen LogP contribution in [0.25, 0.3) is 0 Å². The number of carbonyl (C=O) groups is 1. The summed E-state index contributed by atoms with van der Waals surface area (Å²) < 4.78 is 5.29. The monoisotopic (exact) mass is 237 g/mol. The van der Waals surface area contributed by atoms with Gasteiger partial charge in [0.05, 0.1) is 7.11 Å². The molecule has 0 unspecified atom stereocenters. The first kappa shape index (κ1) is 13.4. The Morgan fingerprint density at radius 3 is 2.71 bits per heavy atom. The molecule has 0 heterocycles. The fourth-order valence-corrected chi connectivity index (χ4v) is 1.70. The normalized spacial score (nSPS) is 10.4. The lowest BCUT2D eigenvalue weighted by molar-refractivity contribution is 0.194. The Balaban J connectivity index is 2.74. The molecule has 1 aromatic rings. The van der Waals surface area contributed by atoms with Crippen molar-refractivity contribution in [1.82, 2.24) is 5.32 Å². The van der Waals surface area contributed by atoms with Gasteiger partial charge in [-0.05, 0) is 29.5 Å². The van der Waals surface area contributed by atoms with E-state index in [2.05, 4.69) is 25.2 Å². The molecule has 2 N–H and O–H groups in total. The Bertz CT molecular complexity index is 388. The van der Waals surface area contributed by atoms with E-state index in [0.717, 1.165) is 16.9 Å². The number of carboxylic acid groups (broad SMARTS) is 1. The van der Waals surface area contributed by atoms with Gasteiger partial charge < -0.3 is 15.2 Å². The molecule has 0 aromatic heterocycles. The Hall–Kier alpha value is -1.71. The zero-order chi connectivity index (χ0) is 12.8. The molecule has 0 atom stereocenters. The number of hydrogen-bond donors (Lipinski definition) is 2. The summed E-state index contributed by atoms with van der Waals surface area (Å²) in [6.07, 6.45) is -0.293. The first-order chi connectivity index (χ1) is 8.04. The maximum Gasteiger partial charge on any atom is 0.404 e. The summed E-state index contributed by atoms with van der Waals surface area (Å²) in [7, 11) is 1.66. The molecule has 0 aliphatic carbocycles. The molecule has 1 aromatic carbocycles. The molecule has 0 spiro atoms. The first-order valence-corrected chi connectivity index (χ1v) is 5.68. The largest absolute Gasteiger partial charge is 0.496 e. The van der Waals surface area contributed by atoms with Crippen molar-refractivity contribution in [2.75, 3.05) is 13.7 Å². The number of nitrogens with one attached hydrogen (secondary N) is 1. The second-order valence-corrected chi connectivity index (χ2v) is 4.21. The Kier molecular flexibility index (Phi) is 4.82. The zero-order valence-corrected chi connectivity index (χ0v) is 10.5. The highest BCUT2D eigenvalue weighted by Gasteiger charge is 2.08. The fraction of sp³-hybridized carbons (Fsp3) is 0.462. The maximum atomic E-state index is 10.3. The first-order valence-electron chi connectivity index (χ1n) is 5.68. The number of hydrogen-bond acceptors (Lipinski definition) is 2. The van der Waals surface area contributed by atoms with E-state index in [0.29, 0.717) is 18.9 Å². The molecule has 94 valence electrons. The average Bonchev–Trinajstić information content (AvgIpc) is 2.28. The van der Waals surface area contributed by atoms with Crippen molar-refractivity contribution < 1.29 is 14.6 Å². The second kappa shape index (κ2) is 6.13. The van der Waals surface area contributed by atoms with Crippen molar-refractivity contribution in [3.8, 4) is 5.75 Å². The summed E-state index contributed by atoms with van der Waals surface area (Å²) >= 11 is 0. The lowest BCUT2D eigenvalue weighted by Gasteiger charge is -2.13. The van der Waals surface area contributed by atoms with E-state index < -0.39 is 6.09 Å². The lowest BCUT2D eigenvalue weighted by Crippen LogP contribution is -2.23. The van der Waals surface area contributed by atoms with E-state index >= 15 is 0 Å². The molecule has 0 aliphatic rings. The molecular weight excluding hydrogens is 218 g/mol. The molecule has 4 nitrogen and oxygen atoms in total. The summed E-state index contributed by atoms with van der Waals surface area (Å²) in [5.74, 6) is 1.27. The third-order valence-corrected chi connectivity index (χ3v) is 2.61. The van der Waals surface area contributed by atoms with Gasteiger partial charge in [0, 0.05) is 6.54 Å². The van der Waals surface area contributed by atoms with Crippen LogP contribution in [0.2, 0.25) is 0 Å². The minimum absolute atomic E-state index is 0.386. The molecule has 0 saturated heterocycles. The predicted molar refractivity (Wildman–Crippen MR) is 66.8 cm³/mol. The van der Waals surface area contributed by atoms with Crippen molar-refractivity contribution in [3.05, 3.63) is 29.3 Å². The Morgan fingerprint density at radius 2 is 2.18 bits per heavy atom. The molecule has 4 heteroatoms. The van der Waals surface area contributed by atoms with Gasteiger partial charge in [-0.15, -0.1) is 0 Å². The molecule has 17 heavy (non-hydrogen) atoms. The van der Waals surface area contributed by atoms with Gasteiger partial charge in [-0.2, -0.15) is 0 Å². The summed E-state index contributed by atoms with van der Waals surface area (Å²) in [5.41, 5.74) is 2.27. The average molecular weight is 237 g/mol. The maximum absolute atomic E-state index is 10.3. The van der Waals surface area contributed by atoms with Gasteiger partial charge in [0.25, 0.3) is 0 Å². The van der Waals surface area contributed by atoms with Crippen LogP contribution in [0.4, 0.5) is 4.79 Å².